The van der Waals surface area contributed by atoms with Crippen LogP contribution in [0.5, 0.6) is 0 Å². The number of fused-ring (bicyclic) bond motifs is 1. The van der Waals surface area contributed by atoms with Crippen molar-refractivity contribution < 1.29 is 0 Å². The van der Waals surface area contributed by atoms with Gasteiger partial charge in [-0.1, -0.05) is 39.8 Å². The molecule has 0 aliphatic carbocycles. The van der Waals surface area contributed by atoms with Gasteiger partial charge < -0.3 is 4.57 Å². The van der Waals surface area contributed by atoms with Crippen LogP contribution in [0.25, 0.3) is 22.6 Å². The van der Waals surface area contributed by atoms with Gasteiger partial charge in [0.1, 0.15) is 0 Å². The Morgan fingerprint density at radius 3 is 2.64 bits per heavy atom. The largest absolute Gasteiger partial charge is 0.332 e. The minimum absolute atomic E-state index is 0.351. The number of hydrogen-bond acceptors (Lipinski definition) is 6. The highest BCUT2D eigenvalue weighted by Gasteiger charge is 2.14. The van der Waals surface area contributed by atoms with Gasteiger partial charge in [0.15, 0.2) is 17.0 Å². The fraction of sp³-hybridized carbons (Fsp3) is 0.235. The topological polar surface area (TPSA) is 103 Å². The molecule has 4 aromatic rings. The summed E-state index contributed by atoms with van der Waals surface area (Å²) in [4.78, 5) is 33.2. The Labute approximate surface area is 171 Å². The SMILES string of the molecule is Cn1c(=O)c2c(ncn2CCSc2n[nH]c(-c3ccc(Br)cc3)n2)n(C)c1=O. The molecule has 0 radical (unpaired) electrons. The molecular formula is C17H16BrN7O2S. The number of rotatable bonds is 5. The first-order chi connectivity index (χ1) is 13.5. The molecule has 0 amide bonds. The van der Waals surface area contributed by atoms with Crippen LogP contribution in [0.4, 0.5) is 0 Å². The molecule has 3 aromatic heterocycles. The third-order valence-corrected chi connectivity index (χ3v) is 5.72. The number of nitrogens with one attached hydrogen (secondary N) is 1. The van der Waals surface area contributed by atoms with Crippen LogP contribution in [0.1, 0.15) is 0 Å². The van der Waals surface area contributed by atoms with Crippen molar-refractivity contribution in [1.29, 1.82) is 0 Å². The van der Waals surface area contributed by atoms with Crippen molar-refractivity contribution in [1.82, 2.24) is 33.9 Å². The number of benzene rings is 1. The molecule has 0 aliphatic heterocycles. The lowest BCUT2D eigenvalue weighted by molar-refractivity contribution is 0.700. The highest BCUT2D eigenvalue weighted by Crippen LogP contribution is 2.21. The van der Waals surface area contributed by atoms with E-state index in [9.17, 15) is 9.59 Å². The number of aromatic nitrogens is 7. The van der Waals surface area contributed by atoms with Crippen molar-refractivity contribution in [2.45, 2.75) is 11.7 Å². The summed E-state index contributed by atoms with van der Waals surface area (Å²) in [5, 5.41) is 7.80. The lowest BCUT2D eigenvalue weighted by Crippen LogP contribution is -2.37. The van der Waals surface area contributed by atoms with Crippen LogP contribution in [-0.2, 0) is 20.6 Å². The van der Waals surface area contributed by atoms with Gasteiger partial charge in [0.25, 0.3) is 5.56 Å². The van der Waals surface area contributed by atoms with Gasteiger partial charge in [-0.25, -0.2) is 14.8 Å². The molecule has 3 heterocycles. The second kappa shape index (κ2) is 7.40. The molecule has 1 aromatic carbocycles. The number of imidazole rings is 1. The lowest BCUT2D eigenvalue weighted by Gasteiger charge is -2.05. The first-order valence-electron chi connectivity index (χ1n) is 8.37. The van der Waals surface area contributed by atoms with Gasteiger partial charge in [-0.05, 0) is 12.1 Å². The van der Waals surface area contributed by atoms with E-state index in [1.807, 2.05) is 24.3 Å². The minimum Gasteiger partial charge on any atom is -0.324 e. The zero-order valence-corrected chi connectivity index (χ0v) is 17.5. The van der Waals surface area contributed by atoms with Crippen LogP contribution < -0.4 is 11.2 Å². The van der Waals surface area contributed by atoms with Gasteiger partial charge in [-0.2, -0.15) is 0 Å². The summed E-state index contributed by atoms with van der Waals surface area (Å²) in [7, 11) is 3.07. The van der Waals surface area contributed by atoms with Gasteiger partial charge in [-0.3, -0.25) is 19.0 Å². The zero-order valence-electron chi connectivity index (χ0n) is 15.1. The number of aryl methyl sites for hydroxylation is 2. The molecule has 0 aliphatic rings. The van der Waals surface area contributed by atoms with Gasteiger partial charge >= 0.3 is 5.69 Å². The van der Waals surface area contributed by atoms with Crippen LogP contribution in [0, 0.1) is 0 Å². The van der Waals surface area contributed by atoms with Crippen LogP contribution in [0.3, 0.4) is 0 Å². The molecule has 0 atom stereocenters. The zero-order chi connectivity index (χ0) is 19.8. The second-order valence-electron chi connectivity index (χ2n) is 6.14. The molecule has 144 valence electrons. The Bertz CT molecular complexity index is 1270. The van der Waals surface area contributed by atoms with Crippen molar-refractivity contribution in [3.8, 4) is 11.4 Å². The molecule has 0 bridgehead atoms. The Hall–Kier alpha value is -2.66. The highest BCUT2D eigenvalue weighted by molar-refractivity contribution is 9.10. The van der Waals surface area contributed by atoms with Crippen molar-refractivity contribution in [3.63, 3.8) is 0 Å². The summed E-state index contributed by atoms with van der Waals surface area (Å²) in [6.45, 7) is 0.538. The lowest BCUT2D eigenvalue weighted by atomic mass is 10.2. The Morgan fingerprint density at radius 1 is 1.14 bits per heavy atom. The van der Waals surface area contributed by atoms with E-state index >= 15 is 0 Å². The molecule has 11 heteroatoms. The standard InChI is InChI=1S/C17H16BrN7O2S/c1-23-14-12(15(26)24(2)17(23)27)25(9-19-14)7-8-28-16-20-13(21-22-16)10-3-5-11(18)6-4-10/h3-6,9H,7-8H2,1-2H3,(H,20,21,22). The summed E-state index contributed by atoms with van der Waals surface area (Å²) in [5.41, 5.74) is 1.01. The maximum absolute atomic E-state index is 12.4. The third kappa shape index (κ3) is 3.31. The minimum atomic E-state index is -0.390. The molecule has 0 saturated heterocycles. The second-order valence-corrected chi connectivity index (χ2v) is 8.12. The average Bonchev–Trinajstić information content (AvgIpc) is 3.33. The van der Waals surface area contributed by atoms with Crippen molar-refractivity contribution >= 4 is 38.9 Å². The number of H-pyrrole nitrogens is 1. The highest BCUT2D eigenvalue weighted by atomic mass is 79.9. The van der Waals surface area contributed by atoms with Gasteiger partial charge in [0, 0.05) is 36.4 Å². The molecule has 4 rings (SSSR count). The van der Waals surface area contributed by atoms with E-state index in [1.165, 1.54) is 23.4 Å². The van der Waals surface area contributed by atoms with E-state index in [0.29, 0.717) is 34.4 Å². The van der Waals surface area contributed by atoms with Crippen LogP contribution in [-0.4, -0.2) is 39.6 Å². The quantitative estimate of drug-likeness (QED) is 0.454. The number of nitrogens with zero attached hydrogens (tertiary/aromatic N) is 6. The van der Waals surface area contributed by atoms with E-state index in [0.717, 1.165) is 14.6 Å². The van der Waals surface area contributed by atoms with Crippen LogP contribution in [0.2, 0.25) is 0 Å². The van der Waals surface area contributed by atoms with Crippen molar-refractivity contribution in [2.75, 3.05) is 5.75 Å². The summed E-state index contributed by atoms with van der Waals surface area (Å²) in [6, 6.07) is 7.80. The van der Waals surface area contributed by atoms with Crippen molar-refractivity contribution in [2.24, 2.45) is 14.1 Å². The average molecular weight is 462 g/mol. The van der Waals surface area contributed by atoms with E-state index < -0.39 is 5.69 Å². The van der Waals surface area contributed by atoms with E-state index in [1.54, 1.807) is 17.9 Å². The molecule has 1 N–H and O–H groups in total. The molecule has 9 nitrogen and oxygen atoms in total. The molecule has 0 fully saturated rings. The van der Waals surface area contributed by atoms with E-state index in [2.05, 4.69) is 36.1 Å². The summed E-state index contributed by atoms with van der Waals surface area (Å²) >= 11 is 4.89. The monoisotopic (exact) mass is 461 g/mol. The number of aromatic amines is 1. The Balaban J connectivity index is 1.50. The van der Waals surface area contributed by atoms with Crippen LogP contribution >= 0.6 is 27.7 Å². The molecule has 0 saturated carbocycles. The molecular weight excluding hydrogens is 446 g/mol. The Kier molecular flexibility index (Phi) is 4.94. The molecule has 0 spiro atoms. The fourth-order valence-electron chi connectivity index (χ4n) is 2.85. The normalized spacial score (nSPS) is 11.4. The van der Waals surface area contributed by atoms with E-state index in [-0.39, 0.29) is 5.56 Å². The van der Waals surface area contributed by atoms with E-state index in [4.69, 9.17) is 0 Å². The Morgan fingerprint density at radius 2 is 1.89 bits per heavy atom. The number of halogens is 1. The van der Waals surface area contributed by atoms with Crippen LogP contribution in [0.15, 0.2) is 49.8 Å². The third-order valence-electron chi connectivity index (χ3n) is 4.36. The molecule has 0 unspecified atom stereocenters. The predicted octanol–water partition coefficient (Wildman–Crippen LogP) is 1.77. The summed E-state index contributed by atoms with van der Waals surface area (Å²) in [5.74, 6) is 1.35. The summed E-state index contributed by atoms with van der Waals surface area (Å²) in [6.07, 6.45) is 1.58. The number of hydrogen-bond donors (Lipinski definition) is 1. The first kappa shape index (κ1) is 18.7. The maximum Gasteiger partial charge on any atom is 0.332 e. The number of thioether (sulfide) groups is 1. The first-order valence-corrected chi connectivity index (χ1v) is 10.2. The van der Waals surface area contributed by atoms with Crippen molar-refractivity contribution in [3.05, 3.63) is 55.9 Å². The maximum atomic E-state index is 12.4. The summed E-state index contributed by atoms with van der Waals surface area (Å²) < 4.78 is 5.22. The smallest absolute Gasteiger partial charge is 0.324 e. The molecule has 28 heavy (non-hydrogen) atoms. The predicted molar refractivity (Wildman–Crippen MR) is 110 cm³/mol. The van der Waals surface area contributed by atoms with Gasteiger partial charge in [0.2, 0.25) is 5.16 Å². The fourth-order valence-corrected chi connectivity index (χ4v) is 3.85. The van der Waals surface area contributed by atoms with Gasteiger partial charge in [0.05, 0.1) is 6.33 Å². The van der Waals surface area contributed by atoms with Gasteiger partial charge in [-0.15, -0.1) is 5.10 Å².